The molecule has 1 atom stereocenters. The molecule has 2 aromatic carbocycles. The lowest BCUT2D eigenvalue weighted by Gasteiger charge is -2.36. The molecule has 1 amide bonds. The van der Waals surface area contributed by atoms with Crippen molar-refractivity contribution in [1.29, 1.82) is 0 Å². The van der Waals surface area contributed by atoms with Crippen LogP contribution in [-0.4, -0.2) is 41.1 Å². The first-order valence-corrected chi connectivity index (χ1v) is 10.2. The van der Waals surface area contributed by atoms with Crippen LogP contribution >= 0.6 is 0 Å². The van der Waals surface area contributed by atoms with Crippen LogP contribution in [0.3, 0.4) is 0 Å². The predicted octanol–water partition coefficient (Wildman–Crippen LogP) is 4.85. The average Bonchev–Trinajstić information content (AvgIpc) is 2.76. The van der Waals surface area contributed by atoms with Gasteiger partial charge in [0.25, 0.3) is 5.91 Å². The number of halogens is 4. The monoisotopic (exact) mass is 477 g/mol. The van der Waals surface area contributed by atoms with Gasteiger partial charge in [0, 0.05) is 17.2 Å². The minimum absolute atomic E-state index is 0.00409. The molecule has 0 bridgehead atoms. The molecule has 0 fully saturated rings. The number of alkyl halides is 3. The Morgan fingerprint density at radius 2 is 1.88 bits per heavy atom. The van der Waals surface area contributed by atoms with Crippen LogP contribution in [0.2, 0.25) is 0 Å². The standard InChI is InChI=1S/C24H23F4N3O3/c1-22(2,16-11-15(25)8-10-19(16)34-3)12-23(33,24(26,27)28)13-30-17-6-4-5-14-7-9-18(21(29)32)31-20(14)17/h4-11,13,33H,12H2,1-3H3,(H2,29,32). The fourth-order valence-electron chi connectivity index (χ4n) is 3.75. The molecule has 0 spiro atoms. The predicted molar refractivity (Wildman–Crippen MR) is 120 cm³/mol. The zero-order valence-corrected chi connectivity index (χ0v) is 18.7. The van der Waals surface area contributed by atoms with Crippen molar-refractivity contribution >= 4 is 28.7 Å². The van der Waals surface area contributed by atoms with Gasteiger partial charge in [0.05, 0.1) is 18.3 Å². The van der Waals surface area contributed by atoms with E-state index in [0.717, 1.165) is 12.1 Å². The fraction of sp³-hybridized carbons (Fsp3) is 0.292. The van der Waals surface area contributed by atoms with Gasteiger partial charge >= 0.3 is 6.18 Å². The second-order valence-electron chi connectivity index (χ2n) is 8.50. The number of para-hydroxylation sites is 1. The summed E-state index contributed by atoms with van der Waals surface area (Å²) in [4.78, 5) is 19.4. The van der Waals surface area contributed by atoms with E-state index in [1.165, 1.54) is 45.2 Å². The van der Waals surface area contributed by atoms with Crippen LogP contribution in [0.25, 0.3) is 10.9 Å². The number of aromatic nitrogens is 1. The largest absolute Gasteiger partial charge is 0.496 e. The number of aliphatic imine (C=N–C) groups is 1. The highest BCUT2D eigenvalue weighted by Gasteiger charge is 2.55. The van der Waals surface area contributed by atoms with Gasteiger partial charge in [-0.15, -0.1) is 0 Å². The second kappa shape index (κ2) is 9.02. The van der Waals surface area contributed by atoms with Gasteiger partial charge in [-0.25, -0.2) is 9.37 Å². The maximum atomic E-state index is 14.1. The molecule has 10 heteroatoms. The molecule has 3 rings (SSSR count). The van der Waals surface area contributed by atoms with E-state index in [1.807, 2.05) is 0 Å². The average molecular weight is 477 g/mol. The Morgan fingerprint density at radius 3 is 2.50 bits per heavy atom. The topological polar surface area (TPSA) is 97.8 Å². The maximum absolute atomic E-state index is 14.1. The molecule has 0 saturated carbocycles. The van der Waals surface area contributed by atoms with Crippen molar-refractivity contribution in [2.24, 2.45) is 10.7 Å². The van der Waals surface area contributed by atoms with Crippen LogP contribution in [0, 0.1) is 5.82 Å². The summed E-state index contributed by atoms with van der Waals surface area (Å²) >= 11 is 0. The summed E-state index contributed by atoms with van der Waals surface area (Å²) in [6, 6.07) is 11.0. The lowest BCUT2D eigenvalue weighted by molar-refractivity contribution is -0.234. The molecular formula is C24H23F4N3O3. The molecule has 0 radical (unpaired) electrons. The SMILES string of the molecule is COc1ccc(F)cc1C(C)(C)CC(O)(C=Nc1cccc2ccc(C(N)=O)nc12)C(F)(F)F. The summed E-state index contributed by atoms with van der Waals surface area (Å²) in [6.45, 7) is 2.88. The number of amides is 1. The Labute approximate surface area is 193 Å². The van der Waals surface area contributed by atoms with Gasteiger partial charge in [-0.2, -0.15) is 13.2 Å². The van der Waals surface area contributed by atoms with Gasteiger partial charge in [-0.1, -0.05) is 32.0 Å². The van der Waals surface area contributed by atoms with Crippen LogP contribution in [0.15, 0.2) is 53.5 Å². The lowest BCUT2D eigenvalue weighted by atomic mass is 9.74. The van der Waals surface area contributed by atoms with E-state index in [0.29, 0.717) is 11.6 Å². The third-order valence-corrected chi connectivity index (χ3v) is 5.46. The normalized spacial score (nSPS) is 14.4. The Balaban J connectivity index is 2.07. The van der Waals surface area contributed by atoms with E-state index in [4.69, 9.17) is 10.5 Å². The summed E-state index contributed by atoms with van der Waals surface area (Å²) in [7, 11) is 1.32. The minimum Gasteiger partial charge on any atom is -0.496 e. The van der Waals surface area contributed by atoms with Crippen molar-refractivity contribution in [2.45, 2.75) is 37.5 Å². The van der Waals surface area contributed by atoms with Crippen LogP contribution < -0.4 is 10.5 Å². The van der Waals surface area contributed by atoms with Crippen molar-refractivity contribution in [2.75, 3.05) is 7.11 Å². The van der Waals surface area contributed by atoms with Crippen molar-refractivity contribution in [3.05, 3.63) is 65.6 Å². The number of benzene rings is 2. The van der Waals surface area contributed by atoms with Crippen molar-refractivity contribution in [3.8, 4) is 5.75 Å². The third kappa shape index (κ3) is 5.01. The molecule has 1 aromatic heterocycles. The number of hydrogen-bond donors (Lipinski definition) is 2. The molecule has 6 nitrogen and oxygen atoms in total. The van der Waals surface area contributed by atoms with E-state index in [2.05, 4.69) is 9.98 Å². The first-order chi connectivity index (χ1) is 15.8. The highest BCUT2D eigenvalue weighted by molar-refractivity contribution is 5.97. The number of fused-ring (bicyclic) bond motifs is 1. The van der Waals surface area contributed by atoms with Gasteiger partial charge in [0.2, 0.25) is 0 Å². The Kier molecular flexibility index (Phi) is 6.66. The number of nitrogens with zero attached hydrogens (tertiary/aromatic N) is 2. The number of carbonyl (C=O) groups is 1. The lowest BCUT2D eigenvalue weighted by Crippen LogP contribution is -2.50. The number of aliphatic hydroxyl groups is 1. The maximum Gasteiger partial charge on any atom is 0.422 e. The van der Waals surface area contributed by atoms with Crippen LogP contribution in [-0.2, 0) is 5.41 Å². The molecule has 0 saturated heterocycles. The molecule has 34 heavy (non-hydrogen) atoms. The van der Waals surface area contributed by atoms with E-state index in [9.17, 15) is 27.5 Å². The molecule has 0 aliphatic heterocycles. The van der Waals surface area contributed by atoms with Crippen molar-refractivity contribution < 1.29 is 32.2 Å². The number of ether oxygens (including phenoxy) is 1. The summed E-state index contributed by atoms with van der Waals surface area (Å²) < 4.78 is 61.3. The number of methoxy groups -OCH3 is 1. The first kappa shape index (κ1) is 25.1. The number of pyridine rings is 1. The summed E-state index contributed by atoms with van der Waals surface area (Å²) in [5.74, 6) is -1.27. The summed E-state index contributed by atoms with van der Waals surface area (Å²) in [5, 5.41) is 11.3. The van der Waals surface area contributed by atoms with E-state index < -0.39 is 35.3 Å². The molecule has 1 heterocycles. The molecular weight excluding hydrogens is 454 g/mol. The van der Waals surface area contributed by atoms with Crippen molar-refractivity contribution in [1.82, 2.24) is 4.98 Å². The van der Waals surface area contributed by atoms with E-state index in [-0.39, 0.29) is 28.2 Å². The number of nitrogens with two attached hydrogens (primary N) is 1. The van der Waals surface area contributed by atoms with E-state index in [1.54, 1.807) is 12.1 Å². The highest BCUT2D eigenvalue weighted by atomic mass is 19.4. The Bertz CT molecular complexity index is 1260. The molecule has 180 valence electrons. The molecule has 0 aliphatic carbocycles. The van der Waals surface area contributed by atoms with Crippen LogP contribution in [0.1, 0.15) is 36.3 Å². The number of hydrogen-bond acceptors (Lipinski definition) is 5. The third-order valence-electron chi connectivity index (χ3n) is 5.46. The second-order valence-corrected chi connectivity index (χ2v) is 8.50. The fourth-order valence-corrected chi connectivity index (χ4v) is 3.75. The minimum atomic E-state index is -5.11. The zero-order chi connectivity index (χ0) is 25.3. The Hall–Kier alpha value is -3.53. The first-order valence-electron chi connectivity index (χ1n) is 10.2. The quantitative estimate of drug-likeness (QED) is 0.376. The van der Waals surface area contributed by atoms with Gasteiger partial charge < -0.3 is 15.6 Å². The Morgan fingerprint density at radius 1 is 1.18 bits per heavy atom. The summed E-state index contributed by atoms with van der Waals surface area (Å²) in [5.41, 5.74) is 0.718. The zero-order valence-electron chi connectivity index (χ0n) is 18.7. The number of primary amides is 1. The molecule has 3 aromatic rings. The molecule has 3 N–H and O–H groups in total. The molecule has 0 aliphatic rings. The van der Waals surface area contributed by atoms with Gasteiger partial charge in [0.15, 0.2) is 5.60 Å². The number of carbonyl (C=O) groups excluding carboxylic acids is 1. The smallest absolute Gasteiger partial charge is 0.422 e. The number of rotatable bonds is 7. The molecule has 1 unspecified atom stereocenters. The van der Waals surface area contributed by atoms with Gasteiger partial charge in [0.1, 0.15) is 17.3 Å². The van der Waals surface area contributed by atoms with Crippen molar-refractivity contribution in [3.63, 3.8) is 0 Å². The van der Waals surface area contributed by atoms with Gasteiger partial charge in [-0.3, -0.25) is 9.79 Å². The van der Waals surface area contributed by atoms with Crippen LogP contribution in [0.5, 0.6) is 5.75 Å². The van der Waals surface area contributed by atoms with E-state index >= 15 is 0 Å². The van der Waals surface area contributed by atoms with Crippen LogP contribution in [0.4, 0.5) is 23.2 Å². The highest BCUT2D eigenvalue weighted by Crippen LogP contribution is 2.43. The summed E-state index contributed by atoms with van der Waals surface area (Å²) in [6.07, 6.45) is -5.59. The van der Waals surface area contributed by atoms with Gasteiger partial charge in [-0.05, 0) is 42.2 Å².